The number of pyridine rings is 1. The molecule has 6 nitrogen and oxygen atoms in total. The van der Waals surface area contributed by atoms with Crippen molar-refractivity contribution in [2.24, 2.45) is 5.92 Å². The molecule has 1 atom stereocenters. The third-order valence-corrected chi connectivity index (χ3v) is 5.73. The Morgan fingerprint density at radius 2 is 2.23 bits per heavy atom. The zero-order valence-electron chi connectivity index (χ0n) is 15.0. The van der Waals surface area contributed by atoms with E-state index in [4.69, 9.17) is 0 Å². The molecule has 1 aliphatic heterocycles. The number of carbonyl (C=O) groups excluding carboxylic acids is 2. The molecule has 2 aromatic heterocycles. The Balaban J connectivity index is 1.46. The van der Waals surface area contributed by atoms with Gasteiger partial charge in [0, 0.05) is 55.7 Å². The fourth-order valence-corrected chi connectivity index (χ4v) is 3.93. The molecule has 26 heavy (non-hydrogen) atoms. The highest BCUT2D eigenvalue weighted by atomic mass is 32.1. The second-order valence-electron chi connectivity index (χ2n) is 6.55. The summed E-state index contributed by atoms with van der Waals surface area (Å²) in [6, 6.07) is 5.78. The average molecular weight is 372 g/mol. The molecule has 2 aromatic rings. The van der Waals surface area contributed by atoms with Gasteiger partial charge in [0.2, 0.25) is 11.8 Å². The van der Waals surface area contributed by atoms with Gasteiger partial charge in [-0.3, -0.25) is 14.6 Å². The molecule has 1 saturated heterocycles. The Morgan fingerprint density at radius 3 is 2.96 bits per heavy atom. The summed E-state index contributed by atoms with van der Waals surface area (Å²) in [7, 11) is 0. The maximum atomic E-state index is 12.5. The molecule has 138 valence electrons. The van der Waals surface area contributed by atoms with Crippen LogP contribution in [0.15, 0.2) is 29.9 Å². The molecule has 0 bridgehead atoms. The van der Waals surface area contributed by atoms with Crippen molar-refractivity contribution in [2.75, 3.05) is 19.6 Å². The van der Waals surface area contributed by atoms with E-state index >= 15 is 0 Å². The van der Waals surface area contributed by atoms with Gasteiger partial charge >= 0.3 is 0 Å². The first-order valence-electron chi connectivity index (χ1n) is 8.98. The topological polar surface area (TPSA) is 75.2 Å². The first-order chi connectivity index (χ1) is 12.6. The predicted molar refractivity (Wildman–Crippen MR) is 101 cm³/mol. The molecular formula is C19H24N4O2S. The maximum absolute atomic E-state index is 12.5. The molecule has 0 unspecified atom stereocenters. The number of nitrogens with one attached hydrogen (secondary N) is 1. The van der Waals surface area contributed by atoms with Crippen LogP contribution < -0.4 is 5.32 Å². The van der Waals surface area contributed by atoms with Crippen LogP contribution in [0.1, 0.15) is 29.1 Å². The summed E-state index contributed by atoms with van der Waals surface area (Å²) in [4.78, 5) is 36.2. The third-order valence-electron chi connectivity index (χ3n) is 4.73. The number of piperidine rings is 1. The quantitative estimate of drug-likeness (QED) is 0.806. The summed E-state index contributed by atoms with van der Waals surface area (Å²) in [6.45, 7) is 3.71. The molecule has 1 aliphatic rings. The van der Waals surface area contributed by atoms with Crippen molar-refractivity contribution in [3.8, 4) is 0 Å². The van der Waals surface area contributed by atoms with E-state index in [9.17, 15) is 9.59 Å². The molecule has 0 aliphatic carbocycles. The van der Waals surface area contributed by atoms with Gasteiger partial charge in [0.15, 0.2) is 0 Å². The normalized spacial score (nSPS) is 17.3. The third kappa shape index (κ3) is 4.88. The Hall–Kier alpha value is -2.28. The fourth-order valence-electron chi connectivity index (χ4n) is 3.15. The van der Waals surface area contributed by atoms with Crippen molar-refractivity contribution in [3.05, 3.63) is 46.2 Å². The first-order valence-corrected chi connectivity index (χ1v) is 9.86. The number of carbonyl (C=O) groups is 2. The minimum Gasteiger partial charge on any atom is -0.355 e. The lowest BCUT2D eigenvalue weighted by Crippen LogP contribution is -2.46. The number of amides is 2. The molecule has 0 aromatic carbocycles. The highest BCUT2D eigenvalue weighted by molar-refractivity contribution is 7.09. The van der Waals surface area contributed by atoms with Crippen LogP contribution in [-0.2, 0) is 22.4 Å². The molecule has 1 N–H and O–H groups in total. The molecule has 2 amide bonds. The van der Waals surface area contributed by atoms with Crippen LogP contribution in [0, 0.1) is 12.8 Å². The van der Waals surface area contributed by atoms with E-state index in [1.807, 2.05) is 30.6 Å². The Labute approximate surface area is 157 Å². The second kappa shape index (κ2) is 8.89. The van der Waals surface area contributed by atoms with E-state index in [0.717, 1.165) is 17.8 Å². The maximum Gasteiger partial charge on any atom is 0.224 e. The molecule has 1 fully saturated rings. The summed E-state index contributed by atoms with van der Waals surface area (Å²) < 4.78 is 0. The number of aryl methyl sites for hydroxylation is 1. The number of likely N-dealkylation sites (tertiary alicyclic amines) is 1. The zero-order valence-corrected chi connectivity index (χ0v) is 15.8. The van der Waals surface area contributed by atoms with Crippen molar-refractivity contribution in [1.82, 2.24) is 20.2 Å². The average Bonchev–Trinajstić information content (AvgIpc) is 3.07. The molecule has 3 rings (SSSR count). The standard InChI is InChI=1S/C19H24N4O2S/c1-14-17(26-13-22-14)7-10-21-19(25)15-5-6-18(24)23(12-15)11-8-16-4-2-3-9-20-16/h2-4,9,13,15H,5-8,10-12H2,1H3,(H,21,25)/t15-/m0/s1. The second-order valence-corrected chi connectivity index (χ2v) is 7.49. The minimum atomic E-state index is -0.126. The zero-order chi connectivity index (χ0) is 18.4. The minimum absolute atomic E-state index is 0.0440. The summed E-state index contributed by atoms with van der Waals surface area (Å²) in [5, 5.41) is 3.02. The number of nitrogens with zero attached hydrogens (tertiary/aromatic N) is 3. The Kier molecular flexibility index (Phi) is 6.33. The van der Waals surface area contributed by atoms with Gasteiger partial charge in [0.25, 0.3) is 0 Å². The van der Waals surface area contributed by atoms with E-state index in [1.165, 1.54) is 4.88 Å². The largest absolute Gasteiger partial charge is 0.355 e. The van der Waals surface area contributed by atoms with Crippen molar-refractivity contribution >= 4 is 23.2 Å². The van der Waals surface area contributed by atoms with Gasteiger partial charge in [-0.05, 0) is 25.5 Å². The van der Waals surface area contributed by atoms with Gasteiger partial charge in [0.05, 0.1) is 17.1 Å². The number of hydrogen-bond donors (Lipinski definition) is 1. The highest BCUT2D eigenvalue weighted by Crippen LogP contribution is 2.18. The van der Waals surface area contributed by atoms with E-state index in [1.54, 1.807) is 22.4 Å². The van der Waals surface area contributed by atoms with Crippen LogP contribution in [0.5, 0.6) is 0 Å². The number of thiazole rings is 1. The van der Waals surface area contributed by atoms with E-state index < -0.39 is 0 Å². The summed E-state index contributed by atoms with van der Waals surface area (Å²) in [5.41, 5.74) is 3.83. The lowest BCUT2D eigenvalue weighted by Gasteiger charge is -2.32. The van der Waals surface area contributed by atoms with Gasteiger partial charge in [-0.1, -0.05) is 6.07 Å². The van der Waals surface area contributed by atoms with Gasteiger partial charge < -0.3 is 10.2 Å². The summed E-state index contributed by atoms with van der Waals surface area (Å²) in [6.07, 6.45) is 4.34. The molecular weight excluding hydrogens is 348 g/mol. The van der Waals surface area contributed by atoms with Crippen LogP contribution in [0.2, 0.25) is 0 Å². The van der Waals surface area contributed by atoms with E-state index in [2.05, 4.69) is 15.3 Å². The molecule has 3 heterocycles. The Morgan fingerprint density at radius 1 is 1.35 bits per heavy atom. The lowest BCUT2D eigenvalue weighted by atomic mass is 9.96. The fraction of sp³-hybridized carbons (Fsp3) is 0.474. The van der Waals surface area contributed by atoms with E-state index in [-0.39, 0.29) is 17.7 Å². The summed E-state index contributed by atoms with van der Waals surface area (Å²) in [5.74, 6) is 0.0479. The van der Waals surface area contributed by atoms with Gasteiger partial charge in [-0.15, -0.1) is 11.3 Å². The molecule has 0 saturated carbocycles. The number of rotatable bonds is 7. The highest BCUT2D eigenvalue weighted by Gasteiger charge is 2.29. The van der Waals surface area contributed by atoms with Crippen LogP contribution in [0.3, 0.4) is 0 Å². The molecule has 0 radical (unpaired) electrons. The van der Waals surface area contributed by atoms with Crippen LogP contribution in [-0.4, -0.2) is 46.3 Å². The lowest BCUT2D eigenvalue weighted by molar-refractivity contribution is -0.138. The van der Waals surface area contributed by atoms with Gasteiger partial charge in [-0.2, -0.15) is 0 Å². The van der Waals surface area contributed by atoms with Crippen LogP contribution >= 0.6 is 11.3 Å². The molecule has 0 spiro atoms. The van der Waals surface area contributed by atoms with Crippen molar-refractivity contribution < 1.29 is 9.59 Å². The SMILES string of the molecule is Cc1ncsc1CCNC(=O)[C@H]1CCC(=O)N(CCc2ccccn2)C1. The van der Waals surface area contributed by atoms with Gasteiger partial charge in [-0.25, -0.2) is 4.98 Å². The van der Waals surface area contributed by atoms with Crippen molar-refractivity contribution in [1.29, 1.82) is 0 Å². The molecule has 7 heteroatoms. The van der Waals surface area contributed by atoms with Crippen molar-refractivity contribution in [2.45, 2.75) is 32.6 Å². The number of hydrogen-bond acceptors (Lipinski definition) is 5. The summed E-state index contributed by atoms with van der Waals surface area (Å²) >= 11 is 1.62. The predicted octanol–water partition coefficient (Wildman–Crippen LogP) is 1.99. The van der Waals surface area contributed by atoms with Crippen LogP contribution in [0.4, 0.5) is 0 Å². The van der Waals surface area contributed by atoms with Crippen molar-refractivity contribution in [3.63, 3.8) is 0 Å². The van der Waals surface area contributed by atoms with E-state index in [0.29, 0.717) is 38.9 Å². The first kappa shape index (κ1) is 18.5. The van der Waals surface area contributed by atoms with Gasteiger partial charge in [0.1, 0.15) is 0 Å². The monoisotopic (exact) mass is 372 g/mol. The number of aromatic nitrogens is 2. The van der Waals surface area contributed by atoms with Crippen LogP contribution in [0.25, 0.3) is 0 Å². The Bertz CT molecular complexity index is 747. The smallest absolute Gasteiger partial charge is 0.224 e.